The van der Waals surface area contributed by atoms with E-state index < -0.39 is 0 Å². The van der Waals surface area contributed by atoms with E-state index in [1.807, 2.05) is 18.2 Å². The number of amides is 1. The van der Waals surface area contributed by atoms with Gasteiger partial charge in [-0.2, -0.15) is 0 Å². The van der Waals surface area contributed by atoms with Crippen molar-refractivity contribution in [3.05, 3.63) is 18.2 Å². The second kappa shape index (κ2) is 7.00. The van der Waals surface area contributed by atoms with Crippen molar-refractivity contribution in [2.45, 2.75) is 31.7 Å². The highest BCUT2D eigenvalue weighted by Gasteiger charge is 2.25. The largest absolute Gasteiger partial charge is 0.486 e. The zero-order valence-electron chi connectivity index (χ0n) is 11.8. The monoisotopic (exact) mass is 312 g/mol. The lowest BCUT2D eigenvalue weighted by atomic mass is 9.85. The number of benzene rings is 1. The number of rotatable bonds is 2. The van der Waals surface area contributed by atoms with Gasteiger partial charge in [-0.3, -0.25) is 4.79 Å². The molecule has 1 aliphatic carbocycles. The minimum absolute atomic E-state index is 0. The summed E-state index contributed by atoms with van der Waals surface area (Å²) in [5.41, 5.74) is 6.68. The summed E-state index contributed by atoms with van der Waals surface area (Å²) in [5, 5.41) is 2.95. The van der Waals surface area contributed by atoms with Gasteiger partial charge in [0.1, 0.15) is 13.2 Å². The van der Waals surface area contributed by atoms with Crippen LogP contribution in [0.15, 0.2) is 18.2 Å². The molecule has 0 spiro atoms. The molecule has 21 heavy (non-hydrogen) atoms. The molecule has 2 aliphatic rings. The molecule has 0 radical (unpaired) electrons. The summed E-state index contributed by atoms with van der Waals surface area (Å²) < 4.78 is 11.0. The maximum Gasteiger partial charge on any atom is 0.227 e. The molecule has 2 unspecified atom stereocenters. The van der Waals surface area contributed by atoms with Gasteiger partial charge < -0.3 is 20.5 Å². The van der Waals surface area contributed by atoms with Crippen LogP contribution < -0.4 is 20.5 Å². The van der Waals surface area contributed by atoms with Gasteiger partial charge >= 0.3 is 0 Å². The summed E-state index contributed by atoms with van der Waals surface area (Å²) in [6, 6.07) is 5.64. The molecule has 0 aromatic heterocycles. The number of hydrogen-bond donors (Lipinski definition) is 2. The second-order valence-corrected chi connectivity index (χ2v) is 5.47. The Morgan fingerprint density at radius 1 is 1.19 bits per heavy atom. The van der Waals surface area contributed by atoms with E-state index in [2.05, 4.69) is 5.32 Å². The van der Waals surface area contributed by atoms with E-state index in [0.29, 0.717) is 19.0 Å². The predicted octanol–water partition coefficient (Wildman–Crippen LogP) is 2.34. The normalized spacial score (nSPS) is 23.9. The number of anilines is 1. The Labute approximate surface area is 130 Å². The maximum atomic E-state index is 12.2. The van der Waals surface area contributed by atoms with E-state index in [9.17, 15) is 4.79 Å². The van der Waals surface area contributed by atoms with Crippen LogP contribution >= 0.6 is 12.4 Å². The predicted molar refractivity (Wildman–Crippen MR) is 83.2 cm³/mol. The van der Waals surface area contributed by atoms with Crippen molar-refractivity contribution in [1.29, 1.82) is 0 Å². The van der Waals surface area contributed by atoms with Crippen molar-refractivity contribution >= 4 is 24.0 Å². The Hall–Kier alpha value is -1.46. The quantitative estimate of drug-likeness (QED) is 0.879. The Morgan fingerprint density at radius 3 is 2.71 bits per heavy atom. The van der Waals surface area contributed by atoms with Gasteiger partial charge in [0.15, 0.2) is 11.5 Å². The van der Waals surface area contributed by atoms with Gasteiger partial charge in [-0.1, -0.05) is 6.42 Å². The number of fused-ring (bicyclic) bond motifs is 1. The smallest absolute Gasteiger partial charge is 0.227 e. The van der Waals surface area contributed by atoms with Gasteiger partial charge in [-0.05, 0) is 31.4 Å². The lowest BCUT2D eigenvalue weighted by molar-refractivity contribution is -0.120. The molecule has 5 nitrogen and oxygen atoms in total. The van der Waals surface area contributed by atoms with E-state index in [1.165, 1.54) is 0 Å². The first kappa shape index (κ1) is 15.9. The van der Waals surface area contributed by atoms with E-state index in [1.54, 1.807) is 0 Å². The van der Waals surface area contributed by atoms with Crippen molar-refractivity contribution in [3.8, 4) is 11.5 Å². The van der Waals surface area contributed by atoms with E-state index in [4.69, 9.17) is 15.2 Å². The standard InChI is InChI=1S/C15H20N2O3.ClH/c16-11-3-1-2-10(8-11)15(18)17-12-4-5-13-14(9-12)20-7-6-19-13;/h4-5,9-11H,1-3,6-8,16H2,(H,17,18);1H. The molecular weight excluding hydrogens is 292 g/mol. The van der Waals surface area contributed by atoms with Gasteiger partial charge in [-0.15, -0.1) is 12.4 Å². The molecule has 1 fully saturated rings. The third-order valence-corrected chi connectivity index (χ3v) is 3.90. The minimum atomic E-state index is 0. The van der Waals surface area contributed by atoms with Crippen molar-refractivity contribution in [2.75, 3.05) is 18.5 Å². The molecule has 0 bridgehead atoms. The van der Waals surface area contributed by atoms with Crippen LogP contribution in [0.5, 0.6) is 11.5 Å². The molecule has 3 N–H and O–H groups in total. The summed E-state index contributed by atoms with van der Waals surface area (Å²) in [4.78, 5) is 12.2. The Morgan fingerprint density at radius 2 is 1.95 bits per heavy atom. The maximum absolute atomic E-state index is 12.2. The first-order chi connectivity index (χ1) is 9.72. The number of nitrogens with two attached hydrogens (primary N) is 1. The highest BCUT2D eigenvalue weighted by atomic mass is 35.5. The first-order valence-electron chi connectivity index (χ1n) is 7.18. The number of nitrogens with one attached hydrogen (secondary N) is 1. The Bertz CT molecular complexity index is 510. The number of ether oxygens (including phenoxy) is 2. The van der Waals surface area contributed by atoms with Crippen LogP contribution in [0, 0.1) is 5.92 Å². The van der Waals surface area contributed by atoms with Crippen LogP contribution in [-0.4, -0.2) is 25.2 Å². The number of carbonyl (C=O) groups excluding carboxylic acids is 1. The summed E-state index contributed by atoms with van der Waals surface area (Å²) in [6.07, 6.45) is 3.74. The second-order valence-electron chi connectivity index (χ2n) is 5.47. The van der Waals surface area contributed by atoms with E-state index in [-0.39, 0.29) is 30.3 Å². The molecule has 1 amide bonds. The molecule has 2 atom stereocenters. The third-order valence-electron chi connectivity index (χ3n) is 3.90. The van der Waals surface area contributed by atoms with Crippen LogP contribution in [0.2, 0.25) is 0 Å². The highest BCUT2D eigenvalue weighted by molar-refractivity contribution is 5.93. The van der Waals surface area contributed by atoms with Crippen LogP contribution in [0.4, 0.5) is 5.69 Å². The Balaban J connectivity index is 0.00000161. The van der Waals surface area contributed by atoms with Crippen molar-refractivity contribution in [3.63, 3.8) is 0 Å². The van der Waals surface area contributed by atoms with Gasteiger partial charge in [0.2, 0.25) is 5.91 Å². The number of halogens is 1. The lowest BCUT2D eigenvalue weighted by Gasteiger charge is -2.26. The Kier molecular flexibility index (Phi) is 5.31. The fourth-order valence-electron chi connectivity index (χ4n) is 2.83. The van der Waals surface area contributed by atoms with E-state index in [0.717, 1.165) is 37.1 Å². The van der Waals surface area contributed by atoms with Crippen LogP contribution in [0.3, 0.4) is 0 Å². The number of carbonyl (C=O) groups is 1. The van der Waals surface area contributed by atoms with Gasteiger partial charge in [0, 0.05) is 23.7 Å². The SMILES string of the molecule is Cl.NC1CCCC(C(=O)Nc2ccc3c(c2)OCCO3)C1. The molecule has 1 aliphatic heterocycles. The molecular formula is C15H21ClN2O3. The highest BCUT2D eigenvalue weighted by Crippen LogP contribution is 2.33. The van der Waals surface area contributed by atoms with Crippen molar-refractivity contribution in [2.24, 2.45) is 11.7 Å². The van der Waals surface area contributed by atoms with Crippen molar-refractivity contribution < 1.29 is 14.3 Å². The zero-order valence-corrected chi connectivity index (χ0v) is 12.7. The van der Waals surface area contributed by atoms with Gasteiger partial charge in [-0.25, -0.2) is 0 Å². The average molecular weight is 313 g/mol. The summed E-state index contributed by atoms with van der Waals surface area (Å²) in [7, 11) is 0. The number of hydrogen-bond acceptors (Lipinski definition) is 4. The van der Waals surface area contributed by atoms with Gasteiger partial charge in [0.05, 0.1) is 0 Å². The minimum Gasteiger partial charge on any atom is -0.486 e. The fraction of sp³-hybridized carbons (Fsp3) is 0.533. The van der Waals surface area contributed by atoms with Gasteiger partial charge in [0.25, 0.3) is 0 Å². The lowest BCUT2D eigenvalue weighted by Crippen LogP contribution is -2.34. The van der Waals surface area contributed by atoms with Crippen LogP contribution in [0.1, 0.15) is 25.7 Å². The molecule has 1 heterocycles. The molecule has 1 saturated carbocycles. The molecule has 1 aromatic rings. The van der Waals surface area contributed by atoms with Crippen LogP contribution in [-0.2, 0) is 4.79 Å². The summed E-state index contributed by atoms with van der Waals surface area (Å²) >= 11 is 0. The van der Waals surface area contributed by atoms with Crippen molar-refractivity contribution in [1.82, 2.24) is 0 Å². The van der Waals surface area contributed by atoms with Crippen LogP contribution in [0.25, 0.3) is 0 Å². The molecule has 6 heteroatoms. The summed E-state index contributed by atoms with van der Waals surface area (Å²) in [5.74, 6) is 1.49. The zero-order chi connectivity index (χ0) is 13.9. The fourth-order valence-corrected chi connectivity index (χ4v) is 2.83. The molecule has 1 aromatic carbocycles. The van der Waals surface area contributed by atoms with E-state index >= 15 is 0 Å². The summed E-state index contributed by atoms with van der Waals surface area (Å²) in [6.45, 7) is 1.11. The first-order valence-corrected chi connectivity index (χ1v) is 7.18. The average Bonchev–Trinajstić information content (AvgIpc) is 2.47. The molecule has 0 saturated heterocycles. The third kappa shape index (κ3) is 3.80. The topological polar surface area (TPSA) is 73.6 Å². The molecule has 3 rings (SSSR count). The molecule has 116 valence electrons.